The van der Waals surface area contributed by atoms with Crippen LogP contribution in [0.15, 0.2) is 36.7 Å². The molecule has 2 aliphatic heterocycles. The number of halogens is 1. The first-order chi connectivity index (χ1) is 12.2. The van der Waals surface area contributed by atoms with Crippen LogP contribution < -0.4 is 15.5 Å². The van der Waals surface area contributed by atoms with Gasteiger partial charge in [0.25, 0.3) is 0 Å². The number of nitrogens with zero attached hydrogens (tertiary/aromatic N) is 3. The minimum Gasteiger partial charge on any atom is -0.373 e. The molecular formula is C18H20ClN5O. The summed E-state index contributed by atoms with van der Waals surface area (Å²) in [6, 6.07) is 7.50. The van der Waals surface area contributed by atoms with Gasteiger partial charge in [0, 0.05) is 48.7 Å². The topological polar surface area (TPSA) is 70.2 Å². The number of rotatable bonds is 3. The highest BCUT2D eigenvalue weighted by molar-refractivity contribution is 6.30. The third-order valence-electron chi connectivity index (χ3n) is 4.81. The van der Waals surface area contributed by atoms with E-state index in [9.17, 15) is 4.79 Å². The Morgan fingerprint density at radius 1 is 1.24 bits per heavy atom. The van der Waals surface area contributed by atoms with Crippen LogP contribution in [0.1, 0.15) is 18.4 Å². The van der Waals surface area contributed by atoms with Gasteiger partial charge >= 0.3 is 0 Å². The molecule has 2 N–H and O–H groups in total. The van der Waals surface area contributed by atoms with Gasteiger partial charge in [0.1, 0.15) is 6.04 Å². The van der Waals surface area contributed by atoms with Crippen LogP contribution in [-0.2, 0) is 11.2 Å². The summed E-state index contributed by atoms with van der Waals surface area (Å²) < 4.78 is 0. The van der Waals surface area contributed by atoms with E-state index in [0.717, 1.165) is 43.1 Å². The van der Waals surface area contributed by atoms with Gasteiger partial charge < -0.3 is 15.5 Å². The van der Waals surface area contributed by atoms with Gasteiger partial charge in [-0.2, -0.15) is 0 Å². The van der Waals surface area contributed by atoms with Crippen LogP contribution in [0.2, 0.25) is 5.02 Å². The highest BCUT2D eigenvalue weighted by atomic mass is 35.5. The summed E-state index contributed by atoms with van der Waals surface area (Å²) in [5, 5.41) is 7.17. The number of benzene rings is 1. The predicted octanol–water partition coefficient (Wildman–Crippen LogP) is 2.25. The van der Waals surface area contributed by atoms with Crippen molar-refractivity contribution in [1.82, 2.24) is 15.3 Å². The fourth-order valence-corrected chi connectivity index (χ4v) is 3.66. The molecule has 130 valence electrons. The van der Waals surface area contributed by atoms with E-state index >= 15 is 0 Å². The number of carbonyl (C=O) groups is 1. The van der Waals surface area contributed by atoms with Gasteiger partial charge in [0.15, 0.2) is 0 Å². The van der Waals surface area contributed by atoms with Gasteiger partial charge in [-0.15, -0.1) is 0 Å². The SMILES string of the molecule is O=C(NC1CCN(c2ncccn2)CC1)C1Cc2cc(Cl)ccc2N1. The number of aromatic nitrogens is 2. The second kappa shape index (κ2) is 6.88. The van der Waals surface area contributed by atoms with E-state index in [-0.39, 0.29) is 18.0 Å². The molecule has 2 aliphatic rings. The molecule has 6 nitrogen and oxygen atoms in total. The van der Waals surface area contributed by atoms with Crippen LogP contribution in [-0.4, -0.2) is 41.0 Å². The summed E-state index contributed by atoms with van der Waals surface area (Å²) in [6.45, 7) is 1.70. The van der Waals surface area contributed by atoms with Crippen LogP contribution in [0.4, 0.5) is 11.6 Å². The summed E-state index contributed by atoms with van der Waals surface area (Å²) in [5.41, 5.74) is 2.10. The molecule has 4 rings (SSSR count). The Labute approximate surface area is 151 Å². The van der Waals surface area contributed by atoms with E-state index in [1.54, 1.807) is 12.4 Å². The molecule has 2 aromatic rings. The van der Waals surface area contributed by atoms with E-state index in [0.29, 0.717) is 11.4 Å². The van der Waals surface area contributed by atoms with Gasteiger partial charge in [-0.3, -0.25) is 4.79 Å². The van der Waals surface area contributed by atoms with E-state index in [2.05, 4.69) is 25.5 Å². The minimum atomic E-state index is -0.219. The van der Waals surface area contributed by atoms with E-state index in [4.69, 9.17) is 11.6 Å². The monoisotopic (exact) mass is 357 g/mol. The van der Waals surface area contributed by atoms with Crippen LogP contribution in [0.25, 0.3) is 0 Å². The summed E-state index contributed by atoms with van der Waals surface area (Å²) in [4.78, 5) is 23.3. The van der Waals surface area contributed by atoms with E-state index in [1.165, 1.54) is 0 Å². The lowest BCUT2D eigenvalue weighted by atomic mass is 10.0. The molecule has 25 heavy (non-hydrogen) atoms. The zero-order chi connectivity index (χ0) is 17.2. The highest BCUT2D eigenvalue weighted by Gasteiger charge is 2.29. The zero-order valence-corrected chi connectivity index (χ0v) is 14.5. The van der Waals surface area contributed by atoms with E-state index < -0.39 is 0 Å². The Morgan fingerprint density at radius 2 is 2.00 bits per heavy atom. The summed E-state index contributed by atoms with van der Waals surface area (Å²) >= 11 is 6.03. The smallest absolute Gasteiger partial charge is 0.243 e. The van der Waals surface area contributed by atoms with Gasteiger partial charge in [-0.05, 0) is 42.7 Å². The highest BCUT2D eigenvalue weighted by Crippen LogP contribution is 2.28. The molecule has 1 unspecified atom stereocenters. The van der Waals surface area contributed by atoms with E-state index in [1.807, 2.05) is 24.3 Å². The molecule has 0 saturated carbocycles. The third-order valence-corrected chi connectivity index (χ3v) is 5.05. The van der Waals surface area contributed by atoms with Gasteiger partial charge in [-0.1, -0.05) is 11.6 Å². The molecule has 1 saturated heterocycles. The standard InChI is InChI=1S/C18H20ClN5O/c19-13-2-3-15-12(10-13)11-16(23-15)17(25)22-14-4-8-24(9-5-14)18-20-6-1-7-21-18/h1-3,6-7,10,14,16,23H,4-5,8-9,11H2,(H,22,25). The van der Waals surface area contributed by atoms with Crippen molar-refractivity contribution in [2.24, 2.45) is 0 Å². The lowest BCUT2D eigenvalue weighted by molar-refractivity contribution is -0.122. The quantitative estimate of drug-likeness (QED) is 0.881. The van der Waals surface area contributed by atoms with Crippen LogP contribution in [0.3, 0.4) is 0 Å². The largest absolute Gasteiger partial charge is 0.373 e. The Bertz CT molecular complexity index is 761. The lowest BCUT2D eigenvalue weighted by Crippen LogP contribution is -2.49. The second-order valence-electron chi connectivity index (χ2n) is 6.52. The van der Waals surface area contributed by atoms with Crippen LogP contribution >= 0.6 is 11.6 Å². The number of fused-ring (bicyclic) bond motifs is 1. The molecule has 3 heterocycles. The predicted molar refractivity (Wildman–Crippen MR) is 98.0 cm³/mol. The molecule has 0 spiro atoms. The lowest BCUT2D eigenvalue weighted by Gasteiger charge is -2.32. The number of hydrogen-bond acceptors (Lipinski definition) is 5. The van der Waals surface area contributed by atoms with Crippen molar-refractivity contribution in [1.29, 1.82) is 0 Å². The normalized spacial score (nSPS) is 20.0. The maximum absolute atomic E-state index is 12.6. The number of amides is 1. The zero-order valence-electron chi connectivity index (χ0n) is 13.8. The number of piperidine rings is 1. The number of nitrogens with one attached hydrogen (secondary N) is 2. The fourth-order valence-electron chi connectivity index (χ4n) is 3.47. The number of hydrogen-bond donors (Lipinski definition) is 2. The Hall–Kier alpha value is -2.34. The Kier molecular flexibility index (Phi) is 4.44. The first-order valence-electron chi connectivity index (χ1n) is 8.56. The number of carbonyl (C=O) groups excluding carboxylic acids is 1. The molecule has 1 atom stereocenters. The van der Waals surface area contributed by atoms with Crippen molar-refractivity contribution in [3.8, 4) is 0 Å². The molecule has 0 bridgehead atoms. The molecule has 1 amide bonds. The Balaban J connectivity index is 1.30. The van der Waals surface area contributed by atoms with Crippen molar-refractivity contribution in [3.05, 3.63) is 47.2 Å². The molecule has 0 aliphatic carbocycles. The van der Waals surface area contributed by atoms with Crippen LogP contribution in [0.5, 0.6) is 0 Å². The van der Waals surface area contributed by atoms with Gasteiger partial charge in [-0.25, -0.2) is 9.97 Å². The Morgan fingerprint density at radius 3 is 2.76 bits per heavy atom. The molecule has 0 radical (unpaired) electrons. The van der Waals surface area contributed by atoms with Crippen molar-refractivity contribution in [2.75, 3.05) is 23.3 Å². The fraction of sp³-hybridized carbons (Fsp3) is 0.389. The average molecular weight is 358 g/mol. The first-order valence-corrected chi connectivity index (χ1v) is 8.94. The summed E-state index contributed by atoms with van der Waals surface area (Å²) in [7, 11) is 0. The van der Waals surface area contributed by atoms with Crippen molar-refractivity contribution >= 4 is 29.1 Å². The molecular weight excluding hydrogens is 338 g/mol. The molecule has 1 aromatic heterocycles. The summed E-state index contributed by atoms with van der Waals surface area (Å²) in [5.74, 6) is 0.818. The van der Waals surface area contributed by atoms with Crippen LogP contribution in [0, 0.1) is 0 Å². The van der Waals surface area contributed by atoms with Gasteiger partial charge in [0.05, 0.1) is 0 Å². The number of anilines is 2. The second-order valence-corrected chi connectivity index (χ2v) is 6.96. The van der Waals surface area contributed by atoms with Crippen molar-refractivity contribution < 1.29 is 4.79 Å². The maximum atomic E-state index is 12.6. The van der Waals surface area contributed by atoms with Gasteiger partial charge in [0.2, 0.25) is 11.9 Å². The minimum absolute atomic E-state index is 0.0572. The van der Waals surface area contributed by atoms with Crippen molar-refractivity contribution in [3.63, 3.8) is 0 Å². The average Bonchev–Trinajstić information content (AvgIpc) is 3.06. The first kappa shape index (κ1) is 16.1. The molecule has 1 fully saturated rings. The molecule has 1 aromatic carbocycles. The maximum Gasteiger partial charge on any atom is 0.243 e. The third kappa shape index (κ3) is 3.54. The van der Waals surface area contributed by atoms with Crippen molar-refractivity contribution in [2.45, 2.75) is 31.3 Å². The summed E-state index contributed by atoms with van der Waals surface area (Å²) in [6.07, 6.45) is 5.99. The molecule has 7 heteroatoms.